The molecule has 0 aliphatic carbocycles. The minimum atomic E-state index is -4.11. The van der Waals surface area contributed by atoms with Crippen molar-refractivity contribution >= 4 is 43.7 Å². The molecule has 0 aromatic heterocycles. The first-order chi connectivity index (χ1) is 15.6. The Kier molecular flexibility index (Phi) is 7.36. The predicted molar refractivity (Wildman–Crippen MR) is 131 cm³/mol. The van der Waals surface area contributed by atoms with Crippen LogP contribution < -0.4 is 9.50 Å². The molecule has 0 radical (unpaired) electrons. The van der Waals surface area contributed by atoms with Crippen LogP contribution in [0.3, 0.4) is 0 Å². The first-order valence-electron chi connectivity index (χ1n) is 9.90. The van der Waals surface area contributed by atoms with Gasteiger partial charge in [-0.1, -0.05) is 39.7 Å². The van der Waals surface area contributed by atoms with E-state index in [1.807, 2.05) is 39.0 Å². The van der Waals surface area contributed by atoms with Crippen molar-refractivity contribution in [2.45, 2.75) is 25.7 Å². The van der Waals surface area contributed by atoms with E-state index < -0.39 is 16.0 Å². The van der Waals surface area contributed by atoms with Crippen molar-refractivity contribution in [3.63, 3.8) is 0 Å². The van der Waals surface area contributed by atoms with E-state index in [-0.39, 0.29) is 21.8 Å². The molecule has 1 N–H and O–H groups in total. The fourth-order valence-electron chi connectivity index (χ4n) is 2.90. The first kappa shape index (κ1) is 24.2. The zero-order valence-corrected chi connectivity index (χ0v) is 20.6. The average molecular weight is 525 g/mol. The third-order valence-electron chi connectivity index (χ3n) is 4.91. The van der Waals surface area contributed by atoms with Crippen molar-refractivity contribution in [3.8, 4) is 11.8 Å². The third-order valence-corrected chi connectivity index (χ3v) is 6.65. The highest BCUT2D eigenvalue weighted by molar-refractivity contribution is 9.10. The maximum atomic E-state index is 12.7. The molecule has 0 saturated carbocycles. The summed E-state index contributed by atoms with van der Waals surface area (Å²) in [6.07, 6.45) is 1.29. The number of hydrogen-bond donors (Lipinski definition) is 1. The molecule has 0 spiro atoms. The Bertz CT molecular complexity index is 1390. The van der Waals surface area contributed by atoms with Crippen molar-refractivity contribution < 1.29 is 17.4 Å². The van der Waals surface area contributed by atoms with Crippen molar-refractivity contribution in [3.05, 3.63) is 93.0 Å². The van der Waals surface area contributed by atoms with E-state index in [0.29, 0.717) is 10.2 Å². The third kappa shape index (κ3) is 6.09. The number of rotatable bonds is 6. The number of nitrogens with zero attached hydrogens (tertiary/aromatic N) is 1. The van der Waals surface area contributed by atoms with Gasteiger partial charge in [-0.3, -0.25) is 4.79 Å². The molecule has 0 aliphatic heterocycles. The molecule has 3 rings (SSSR count). The molecule has 0 aliphatic rings. The van der Waals surface area contributed by atoms with Crippen LogP contribution in [0.5, 0.6) is 5.75 Å². The topological polar surface area (TPSA) is 96.3 Å². The van der Waals surface area contributed by atoms with E-state index in [1.54, 1.807) is 30.3 Å². The summed E-state index contributed by atoms with van der Waals surface area (Å²) in [7, 11) is -4.11. The molecular weight excluding hydrogens is 504 g/mol. The average Bonchev–Trinajstić information content (AvgIpc) is 2.76. The lowest BCUT2D eigenvalue weighted by Gasteiger charge is -2.11. The molecule has 8 heteroatoms. The molecule has 0 fully saturated rings. The zero-order chi connectivity index (χ0) is 24.2. The van der Waals surface area contributed by atoms with E-state index in [4.69, 9.17) is 4.18 Å². The summed E-state index contributed by atoms with van der Waals surface area (Å²) in [5.41, 5.74) is 3.59. The standard InChI is InChI=1S/C25H21BrN2O4S/c1-16-4-9-23(10-5-16)33(30,31)32-24-11-7-21(26)14-19(24)13-20(15-27)25(29)28-22-8-6-17(2)18(3)12-22/h4-14H,1-3H3,(H,28,29)/b20-13+. The molecule has 33 heavy (non-hydrogen) atoms. The summed E-state index contributed by atoms with van der Waals surface area (Å²) in [4.78, 5) is 12.7. The Hall–Kier alpha value is -3.41. The number of aryl methyl sites for hydroxylation is 3. The van der Waals surface area contributed by atoms with E-state index >= 15 is 0 Å². The number of carbonyl (C=O) groups excluding carboxylic acids is 1. The second-order valence-electron chi connectivity index (χ2n) is 7.46. The van der Waals surface area contributed by atoms with Crippen LogP contribution in [-0.4, -0.2) is 14.3 Å². The van der Waals surface area contributed by atoms with Crippen LogP contribution in [0.4, 0.5) is 5.69 Å². The van der Waals surface area contributed by atoms with Gasteiger partial charge in [-0.25, -0.2) is 0 Å². The van der Waals surface area contributed by atoms with Gasteiger partial charge in [0.2, 0.25) is 0 Å². The van der Waals surface area contributed by atoms with Gasteiger partial charge in [0.15, 0.2) is 0 Å². The van der Waals surface area contributed by atoms with Gasteiger partial charge in [0.1, 0.15) is 22.3 Å². The molecule has 0 atom stereocenters. The monoisotopic (exact) mass is 524 g/mol. The second-order valence-corrected chi connectivity index (χ2v) is 9.92. The second kappa shape index (κ2) is 10.0. The molecule has 3 aromatic carbocycles. The number of nitriles is 1. The Morgan fingerprint density at radius 3 is 2.33 bits per heavy atom. The van der Waals surface area contributed by atoms with Gasteiger partial charge in [-0.2, -0.15) is 13.7 Å². The number of carbonyl (C=O) groups is 1. The van der Waals surface area contributed by atoms with Crippen LogP contribution in [0.25, 0.3) is 6.08 Å². The number of anilines is 1. The van der Waals surface area contributed by atoms with Crippen LogP contribution in [0.15, 0.2) is 75.6 Å². The van der Waals surface area contributed by atoms with Crippen LogP contribution >= 0.6 is 15.9 Å². The Morgan fingerprint density at radius 2 is 1.70 bits per heavy atom. The van der Waals surface area contributed by atoms with Crippen LogP contribution in [0.1, 0.15) is 22.3 Å². The lowest BCUT2D eigenvalue weighted by Crippen LogP contribution is -2.14. The largest absolute Gasteiger partial charge is 0.378 e. The quantitative estimate of drug-likeness (QED) is 0.254. The number of hydrogen-bond acceptors (Lipinski definition) is 5. The smallest absolute Gasteiger partial charge is 0.339 e. The van der Waals surface area contributed by atoms with Crippen LogP contribution in [0, 0.1) is 32.1 Å². The van der Waals surface area contributed by atoms with Crippen molar-refractivity contribution in [2.24, 2.45) is 0 Å². The summed E-state index contributed by atoms with van der Waals surface area (Å²) in [6.45, 7) is 5.73. The summed E-state index contributed by atoms with van der Waals surface area (Å²) >= 11 is 3.33. The fraction of sp³-hybridized carbons (Fsp3) is 0.120. The van der Waals surface area contributed by atoms with E-state index in [2.05, 4.69) is 21.2 Å². The van der Waals surface area contributed by atoms with Gasteiger partial charge in [0.05, 0.1) is 0 Å². The summed E-state index contributed by atoms with van der Waals surface area (Å²) < 4.78 is 31.5. The number of nitrogens with one attached hydrogen (secondary N) is 1. The fourth-order valence-corrected chi connectivity index (χ4v) is 4.23. The van der Waals surface area contributed by atoms with E-state index in [9.17, 15) is 18.5 Å². The van der Waals surface area contributed by atoms with Gasteiger partial charge in [-0.15, -0.1) is 0 Å². The van der Waals surface area contributed by atoms with Gasteiger partial charge >= 0.3 is 10.1 Å². The van der Waals surface area contributed by atoms with Crippen LogP contribution in [-0.2, 0) is 14.9 Å². The molecule has 0 bridgehead atoms. The van der Waals surface area contributed by atoms with Crippen molar-refractivity contribution in [1.29, 1.82) is 5.26 Å². The maximum Gasteiger partial charge on any atom is 0.339 e. The minimum Gasteiger partial charge on any atom is -0.378 e. The molecule has 1 amide bonds. The summed E-state index contributed by atoms with van der Waals surface area (Å²) in [6, 6.07) is 18.2. The zero-order valence-electron chi connectivity index (χ0n) is 18.2. The highest BCUT2D eigenvalue weighted by Crippen LogP contribution is 2.29. The summed E-state index contributed by atoms with van der Waals surface area (Å²) in [5, 5.41) is 12.3. The Labute approximate surface area is 201 Å². The first-order valence-corrected chi connectivity index (χ1v) is 12.1. The lowest BCUT2D eigenvalue weighted by molar-refractivity contribution is -0.112. The van der Waals surface area contributed by atoms with Gasteiger partial charge < -0.3 is 9.50 Å². The molecule has 0 saturated heterocycles. The SMILES string of the molecule is Cc1ccc(S(=O)(=O)Oc2ccc(Br)cc2/C=C(\C#N)C(=O)Nc2ccc(C)c(C)c2)cc1. The maximum absolute atomic E-state index is 12.7. The minimum absolute atomic E-state index is 0.000982. The molecule has 6 nitrogen and oxygen atoms in total. The Balaban J connectivity index is 1.93. The summed E-state index contributed by atoms with van der Waals surface area (Å²) in [5.74, 6) is -0.626. The van der Waals surface area contributed by atoms with Crippen LogP contribution in [0.2, 0.25) is 0 Å². The molecular formula is C25H21BrN2O4S. The molecule has 3 aromatic rings. The van der Waals surface area contributed by atoms with Crippen molar-refractivity contribution in [1.82, 2.24) is 0 Å². The normalized spacial score (nSPS) is 11.5. The number of halogens is 1. The van der Waals surface area contributed by atoms with E-state index in [1.165, 1.54) is 24.3 Å². The highest BCUT2D eigenvalue weighted by Gasteiger charge is 2.19. The predicted octanol–water partition coefficient (Wildman–Crippen LogP) is 5.69. The van der Waals surface area contributed by atoms with Gasteiger partial charge in [0.25, 0.3) is 5.91 Å². The molecule has 0 unspecified atom stereocenters. The van der Waals surface area contributed by atoms with Gasteiger partial charge in [-0.05, 0) is 80.4 Å². The number of benzene rings is 3. The number of amides is 1. The Morgan fingerprint density at radius 1 is 1.00 bits per heavy atom. The molecule has 0 heterocycles. The van der Waals surface area contributed by atoms with E-state index in [0.717, 1.165) is 16.7 Å². The van der Waals surface area contributed by atoms with Gasteiger partial charge in [0, 0.05) is 15.7 Å². The highest BCUT2D eigenvalue weighted by atomic mass is 79.9. The van der Waals surface area contributed by atoms with Crippen molar-refractivity contribution in [2.75, 3.05) is 5.32 Å². The molecule has 168 valence electrons. The lowest BCUT2D eigenvalue weighted by atomic mass is 10.1.